The Morgan fingerprint density at radius 2 is 2.00 bits per heavy atom. The van der Waals surface area contributed by atoms with Gasteiger partial charge in [0, 0.05) is 12.7 Å². The lowest BCUT2D eigenvalue weighted by molar-refractivity contribution is 0.390. The van der Waals surface area contributed by atoms with E-state index in [1.165, 1.54) is 16.4 Å². The van der Waals surface area contributed by atoms with Crippen molar-refractivity contribution in [3.05, 3.63) is 48.0 Å². The van der Waals surface area contributed by atoms with Crippen LogP contribution < -0.4 is 0 Å². The lowest BCUT2D eigenvalue weighted by Crippen LogP contribution is -2.30. The van der Waals surface area contributed by atoms with Gasteiger partial charge in [-0.1, -0.05) is 0 Å². The normalized spacial score (nSPS) is 20.4. The van der Waals surface area contributed by atoms with Crippen molar-refractivity contribution in [1.82, 2.24) is 14.5 Å². The number of aromatic nitrogens is 2. The van der Waals surface area contributed by atoms with Crippen molar-refractivity contribution >= 4 is 10.0 Å². The van der Waals surface area contributed by atoms with E-state index in [1.54, 1.807) is 12.3 Å². The molecule has 0 unspecified atom stereocenters. The zero-order valence-electron chi connectivity index (χ0n) is 10.7. The fourth-order valence-electron chi connectivity index (χ4n) is 2.53. The number of halogens is 1. The quantitative estimate of drug-likeness (QED) is 0.942. The van der Waals surface area contributed by atoms with Crippen LogP contribution in [-0.4, -0.2) is 29.5 Å². The second kappa shape index (κ2) is 4.99. The van der Waals surface area contributed by atoms with Gasteiger partial charge in [-0.25, -0.2) is 12.8 Å². The van der Waals surface area contributed by atoms with Crippen LogP contribution in [-0.2, 0) is 10.0 Å². The summed E-state index contributed by atoms with van der Waals surface area (Å²) >= 11 is 0. The lowest BCUT2D eigenvalue weighted by Gasteiger charge is -2.23. The zero-order chi connectivity index (χ0) is 14.2. The molecule has 106 valence electrons. The second-order valence-corrected chi connectivity index (χ2v) is 6.63. The van der Waals surface area contributed by atoms with Gasteiger partial charge in [-0.15, -0.1) is 0 Å². The molecule has 2 heterocycles. The highest BCUT2D eigenvalue weighted by Crippen LogP contribution is 2.35. The van der Waals surface area contributed by atoms with E-state index in [0.29, 0.717) is 6.54 Å². The first-order chi connectivity index (χ1) is 9.59. The van der Waals surface area contributed by atoms with Gasteiger partial charge >= 0.3 is 0 Å². The minimum absolute atomic E-state index is 0.116. The van der Waals surface area contributed by atoms with Crippen molar-refractivity contribution in [1.29, 1.82) is 0 Å². The van der Waals surface area contributed by atoms with Gasteiger partial charge in [-0.3, -0.25) is 5.10 Å². The van der Waals surface area contributed by atoms with E-state index in [1.807, 2.05) is 0 Å². The van der Waals surface area contributed by atoms with Crippen LogP contribution in [0.15, 0.2) is 41.4 Å². The molecule has 7 heteroatoms. The van der Waals surface area contributed by atoms with E-state index in [4.69, 9.17) is 0 Å². The van der Waals surface area contributed by atoms with Gasteiger partial charge in [0.1, 0.15) is 5.82 Å². The minimum atomic E-state index is -3.61. The van der Waals surface area contributed by atoms with E-state index >= 15 is 0 Å². The first-order valence-electron chi connectivity index (χ1n) is 6.36. The number of nitrogens with one attached hydrogen (secondary N) is 1. The summed E-state index contributed by atoms with van der Waals surface area (Å²) in [6.45, 7) is 0.462. The van der Waals surface area contributed by atoms with E-state index in [2.05, 4.69) is 10.2 Å². The Bertz CT molecular complexity index is 683. The maximum absolute atomic E-state index is 12.9. The summed E-state index contributed by atoms with van der Waals surface area (Å²) in [5.41, 5.74) is 0.785. The molecule has 2 aromatic rings. The Morgan fingerprint density at radius 3 is 2.65 bits per heavy atom. The Labute approximate surface area is 116 Å². The summed E-state index contributed by atoms with van der Waals surface area (Å²) in [5, 5.41) is 6.70. The van der Waals surface area contributed by atoms with E-state index in [-0.39, 0.29) is 10.9 Å². The standard InChI is InChI=1S/C13H14FN3O2S/c14-10-3-5-11(6-4-10)20(18,19)17-9-1-2-13(17)12-7-8-15-16-12/h3-8,13H,1-2,9H2,(H,15,16)/t13-/m0/s1. The van der Waals surface area contributed by atoms with Gasteiger partial charge in [0.25, 0.3) is 0 Å². The molecule has 0 bridgehead atoms. The summed E-state index contributed by atoms with van der Waals surface area (Å²) in [6, 6.07) is 6.47. The molecule has 1 fully saturated rings. The summed E-state index contributed by atoms with van der Waals surface area (Å²) in [4.78, 5) is 0.116. The summed E-state index contributed by atoms with van der Waals surface area (Å²) in [5.74, 6) is -0.449. The highest BCUT2D eigenvalue weighted by molar-refractivity contribution is 7.89. The number of nitrogens with zero attached hydrogens (tertiary/aromatic N) is 2. The highest BCUT2D eigenvalue weighted by atomic mass is 32.2. The molecule has 1 saturated heterocycles. The largest absolute Gasteiger partial charge is 0.281 e. The molecule has 20 heavy (non-hydrogen) atoms. The molecule has 1 atom stereocenters. The van der Waals surface area contributed by atoms with Gasteiger partial charge in [0.15, 0.2) is 0 Å². The molecule has 1 N–H and O–H groups in total. The number of benzene rings is 1. The lowest BCUT2D eigenvalue weighted by atomic mass is 10.2. The predicted octanol–water partition coefficient (Wildman–Crippen LogP) is 2.07. The third kappa shape index (κ3) is 2.23. The number of hydrogen-bond donors (Lipinski definition) is 1. The molecule has 3 rings (SSSR count). The average Bonchev–Trinajstić information content (AvgIpc) is 3.10. The molecular formula is C13H14FN3O2S. The molecule has 0 radical (unpaired) electrons. The van der Waals surface area contributed by atoms with Crippen LogP contribution in [0.25, 0.3) is 0 Å². The Hall–Kier alpha value is -1.73. The average molecular weight is 295 g/mol. The van der Waals surface area contributed by atoms with Gasteiger partial charge in [0.2, 0.25) is 10.0 Å². The Morgan fingerprint density at radius 1 is 1.25 bits per heavy atom. The highest BCUT2D eigenvalue weighted by Gasteiger charge is 2.36. The first kappa shape index (κ1) is 13.3. The molecule has 0 spiro atoms. The van der Waals surface area contributed by atoms with Crippen molar-refractivity contribution in [2.24, 2.45) is 0 Å². The Balaban J connectivity index is 1.96. The predicted molar refractivity (Wildman–Crippen MR) is 70.9 cm³/mol. The van der Waals surface area contributed by atoms with Crippen LogP contribution in [0.1, 0.15) is 24.6 Å². The fourth-order valence-corrected chi connectivity index (χ4v) is 4.21. The molecule has 1 aromatic heterocycles. The van der Waals surface area contributed by atoms with Crippen LogP contribution in [0, 0.1) is 5.82 Å². The van der Waals surface area contributed by atoms with Gasteiger partial charge in [0.05, 0.1) is 16.6 Å². The third-order valence-corrected chi connectivity index (χ3v) is 5.43. The third-order valence-electron chi connectivity index (χ3n) is 3.51. The zero-order valence-corrected chi connectivity index (χ0v) is 11.5. The monoisotopic (exact) mass is 295 g/mol. The van der Waals surface area contributed by atoms with Crippen LogP contribution in [0.2, 0.25) is 0 Å². The molecule has 5 nitrogen and oxygen atoms in total. The molecule has 0 amide bonds. The first-order valence-corrected chi connectivity index (χ1v) is 7.80. The van der Waals surface area contributed by atoms with Crippen molar-refractivity contribution < 1.29 is 12.8 Å². The summed E-state index contributed by atoms with van der Waals surface area (Å²) in [7, 11) is -3.61. The maximum Gasteiger partial charge on any atom is 0.243 e. The van der Waals surface area contributed by atoms with Crippen LogP contribution >= 0.6 is 0 Å². The van der Waals surface area contributed by atoms with Crippen LogP contribution in [0.5, 0.6) is 0 Å². The summed E-state index contributed by atoms with van der Waals surface area (Å²) < 4.78 is 39.6. The van der Waals surface area contributed by atoms with E-state index in [0.717, 1.165) is 30.7 Å². The van der Waals surface area contributed by atoms with Crippen LogP contribution in [0.3, 0.4) is 0 Å². The molecule has 0 saturated carbocycles. The number of hydrogen-bond acceptors (Lipinski definition) is 3. The number of aromatic amines is 1. The van der Waals surface area contributed by atoms with E-state index in [9.17, 15) is 12.8 Å². The topological polar surface area (TPSA) is 66.1 Å². The van der Waals surface area contributed by atoms with Crippen molar-refractivity contribution in [2.75, 3.05) is 6.54 Å². The van der Waals surface area contributed by atoms with Crippen molar-refractivity contribution in [3.63, 3.8) is 0 Å². The molecule has 1 aliphatic rings. The second-order valence-electron chi connectivity index (χ2n) is 4.74. The maximum atomic E-state index is 12.9. The van der Waals surface area contributed by atoms with Crippen molar-refractivity contribution in [2.45, 2.75) is 23.8 Å². The van der Waals surface area contributed by atoms with Gasteiger partial charge in [-0.2, -0.15) is 9.40 Å². The SMILES string of the molecule is O=S(=O)(c1ccc(F)cc1)N1CCC[C@H]1c1ccn[nH]1. The molecule has 1 aromatic carbocycles. The summed E-state index contributed by atoms with van der Waals surface area (Å²) in [6.07, 6.45) is 3.16. The van der Waals surface area contributed by atoms with Gasteiger partial charge < -0.3 is 0 Å². The van der Waals surface area contributed by atoms with Crippen molar-refractivity contribution in [3.8, 4) is 0 Å². The molecule has 0 aliphatic carbocycles. The van der Waals surface area contributed by atoms with Gasteiger partial charge in [-0.05, 0) is 43.2 Å². The molecular weight excluding hydrogens is 281 g/mol. The van der Waals surface area contributed by atoms with E-state index < -0.39 is 15.8 Å². The molecule has 1 aliphatic heterocycles. The number of H-pyrrole nitrogens is 1. The number of rotatable bonds is 3. The smallest absolute Gasteiger partial charge is 0.243 e. The Kier molecular flexibility index (Phi) is 3.31. The minimum Gasteiger partial charge on any atom is -0.281 e. The van der Waals surface area contributed by atoms with Crippen LogP contribution in [0.4, 0.5) is 4.39 Å². The number of sulfonamides is 1. The fraction of sp³-hybridized carbons (Fsp3) is 0.308.